The lowest BCUT2D eigenvalue weighted by Gasteiger charge is -2.31. The molecule has 0 atom stereocenters. The third-order valence-corrected chi connectivity index (χ3v) is 5.59. The van der Waals surface area contributed by atoms with Crippen molar-refractivity contribution < 1.29 is 23.8 Å². The fourth-order valence-corrected chi connectivity index (χ4v) is 3.93. The van der Waals surface area contributed by atoms with E-state index in [1.165, 1.54) is 0 Å². The van der Waals surface area contributed by atoms with Crippen molar-refractivity contribution in [1.29, 1.82) is 0 Å². The van der Waals surface area contributed by atoms with Gasteiger partial charge in [0.1, 0.15) is 0 Å². The predicted molar refractivity (Wildman–Crippen MR) is 126 cm³/mol. The van der Waals surface area contributed by atoms with E-state index in [0.29, 0.717) is 62.8 Å². The Bertz CT molecular complexity index is 1130. The van der Waals surface area contributed by atoms with Gasteiger partial charge in [-0.1, -0.05) is 0 Å². The second-order valence-corrected chi connectivity index (χ2v) is 7.88. The highest BCUT2D eigenvalue weighted by Gasteiger charge is 2.24. The zero-order valence-corrected chi connectivity index (χ0v) is 19.8. The van der Waals surface area contributed by atoms with Gasteiger partial charge in [0.15, 0.2) is 11.5 Å². The van der Waals surface area contributed by atoms with Gasteiger partial charge >= 0.3 is 11.8 Å². The highest BCUT2D eigenvalue weighted by atomic mass is 16.6. The average Bonchev–Trinajstić information content (AvgIpc) is 2.81. The molecule has 0 aliphatic carbocycles. The fraction of sp³-hybridized carbons (Fsp3) is 0.565. The Balaban J connectivity index is 1.66. The minimum Gasteiger partial charge on any atom is -0.490 e. The van der Waals surface area contributed by atoms with Gasteiger partial charge in [0, 0.05) is 38.2 Å². The number of hydrogen-bond acceptors (Lipinski definition) is 7. The topological polar surface area (TPSA) is 132 Å². The van der Waals surface area contributed by atoms with Crippen molar-refractivity contribution in [1.82, 2.24) is 19.8 Å². The summed E-state index contributed by atoms with van der Waals surface area (Å²) in [5.74, 6) is 0.597. The summed E-state index contributed by atoms with van der Waals surface area (Å²) in [4.78, 5) is 54.1. The first-order valence-electron chi connectivity index (χ1n) is 11.6. The van der Waals surface area contributed by atoms with Crippen molar-refractivity contribution in [2.45, 2.75) is 52.6 Å². The second kappa shape index (κ2) is 11.6. The van der Waals surface area contributed by atoms with Crippen LogP contribution in [0.2, 0.25) is 0 Å². The van der Waals surface area contributed by atoms with Crippen LogP contribution in [-0.4, -0.2) is 65.4 Å². The molecular formula is C23H32N4O7. The van der Waals surface area contributed by atoms with E-state index in [4.69, 9.17) is 14.2 Å². The third-order valence-electron chi connectivity index (χ3n) is 5.59. The van der Waals surface area contributed by atoms with E-state index in [-0.39, 0.29) is 36.4 Å². The summed E-state index contributed by atoms with van der Waals surface area (Å²) in [5.41, 5.74) is -0.756. The zero-order chi connectivity index (χ0) is 24.7. The number of ether oxygens (including phenoxy) is 3. The van der Waals surface area contributed by atoms with Crippen LogP contribution in [-0.2, 0) is 16.1 Å². The van der Waals surface area contributed by atoms with E-state index in [1.54, 1.807) is 24.0 Å². The molecule has 186 valence electrons. The van der Waals surface area contributed by atoms with Gasteiger partial charge in [0.2, 0.25) is 5.91 Å². The molecule has 2 aromatic rings. The van der Waals surface area contributed by atoms with E-state index in [2.05, 4.69) is 10.3 Å². The van der Waals surface area contributed by atoms with Gasteiger partial charge < -0.3 is 29.4 Å². The lowest BCUT2D eigenvalue weighted by atomic mass is 10.1. The number of fused-ring (bicyclic) bond motifs is 1. The van der Waals surface area contributed by atoms with Crippen LogP contribution in [0.5, 0.6) is 11.5 Å². The van der Waals surface area contributed by atoms with Gasteiger partial charge in [-0.3, -0.25) is 14.2 Å². The summed E-state index contributed by atoms with van der Waals surface area (Å²) in [6, 6.07) is 3.05. The summed E-state index contributed by atoms with van der Waals surface area (Å²) in [5, 5.41) is 3.20. The Labute approximate surface area is 197 Å². The number of nitrogens with one attached hydrogen (secondary N) is 2. The molecule has 11 heteroatoms. The SMILES string of the molecule is CCOC(=O)N1CCC(NC(=O)CCn2c(=O)[nH]c3cc(OCC)c(OCC)cc3c2=O)CC1. The van der Waals surface area contributed by atoms with Gasteiger partial charge in [-0.05, 0) is 39.7 Å². The van der Waals surface area contributed by atoms with Crippen molar-refractivity contribution >= 4 is 22.9 Å². The number of rotatable bonds is 9. The molecular weight excluding hydrogens is 444 g/mol. The first-order valence-corrected chi connectivity index (χ1v) is 11.6. The predicted octanol–water partition coefficient (Wildman–Crippen LogP) is 1.61. The Hall–Kier alpha value is -3.50. The van der Waals surface area contributed by atoms with E-state index < -0.39 is 11.2 Å². The van der Waals surface area contributed by atoms with Crippen molar-refractivity contribution in [3.05, 3.63) is 33.0 Å². The van der Waals surface area contributed by atoms with Crippen LogP contribution >= 0.6 is 0 Å². The van der Waals surface area contributed by atoms with Crippen LogP contribution in [0.25, 0.3) is 10.9 Å². The molecule has 1 aromatic carbocycles. The summed E-state index contributed by atoms with van der Waals surface area (Å²) in [6.07, 6.45) is 0.859. The third kappa shape index (κ3) is 5.89. The zero-order valence-electron chi connectivity index (χ0n) is 19.8. The number of likely N-dealkylation sites (tertiary alicyclic amines) is 1. The van der Waals surface area contributed by atoms with E-state index in [1.807, 2.05) is 13.8 Å². The molecule has 3 rings (SSSR count). The number of hydrogen-bond donors (Lipinski definition) is 2. The maximum absolute atomic E-state index is 13.0. The number of carbonyl (C=O) groups is 2. The molecule has 2 heterocycles. The normalized spacial score (nSPS) is 14.1. The number of H-pyrrole nitrogens is 1. The Morgan fingerprint density at radius 3 is 2.29 bits per heavy atom. The molecule has 2 amide bonds. The fourth-order valence-electron chi connectivity index (χ4n) is 3.93. The van der Waals surface area contributed by atoms with Crippen molar-refractivity contribution in [3.8, 4) is 11.5 Å². The molecule has 0 radical (unpaired) electrons. The van der Waals surface area contributed by atoms with Crippen molar-refractivity contribution in [2.24, 2.45) is 0 Å². The van der Waals surface area contributed by atoms with Crippen LogP contribution in [0.4, 0.5) is 4.79 Å². The molecule has 11 nitrogen and oxygen atoms in total. The molecule has 0 spiro atoms. The number of carbonyl (C=O) groups excluding carboxylic acids is 2. The number of piperidine rings is 1. The van der Waals surface area contributed by atoms with Crippen molar-refractivity contribution in [2.75, 3.05) is 32.9 Å². The number of aromatic amines is 1. The van der Waals surface area contributed by atoms with Gasteiger partial charge in [-0.15, -0.1) is 0 Å². The maximum Gasteiger partial charge on any atom is 0.409 e. The summed E-state index contributed by atoms with van der Waals surface area (Å²) in [6.45, 7) is 7.47. The summed E-state index contributed by atoms with van der Waals surface area (Å²) >= 11 is 0. The Morgan fingerprint density at radius 1 is 1.03 bits per heavy atom. The number of amides is 2. The Morgan fingerprint density at radius 2 is 1.68 bits per heavy atom. The molecule has 1 fully saturated rings. The van der Waals surface area contributed by atoms with E-state index in [9.17, 15) is 19.2 Å². The molecule has 1 aliphatic heterocycles. The first kappa shape index (κ1) is 25.1. The lowest BCUT2D eigenvalue weighted by Crippen LogP contribution is -2.47. The van der Waals surface area contributed by atoms with Crippen LogP contribution in [0.1, 0.15) is 40.0 Å². The number of benzene rings is 1. The molecule has 1 saturated heterocycles. The minimum absolute atomic E-state index is 0.0259. The minimum atomic E-state index is -0.598. The smallest absolute Gasteiger partial charge is 0.409 e. The molecule has 0 bridgehead atoms. The second-order valence-electron chi connectivity index (χ2n) is 7.88. The molecule has 0 unspecified atom stereocenters. The molecule has 34 heavy (non-hydrogen) atoms. The van der Waals surface area contributed by atoms with Gasteiger partial charge in [-0.25, -0.2) is 9.59 Å². The highest BCUT2D eigenvalue weighted by molar-refractivity contribution is 5.81. The first-order chi connectivity index (χ1) is 16.4. The van der Waals surface area contributed by atoms with E-state index >= 15 is 0 Å². The summed E-state index contributed by atoms with van der Waals surface area (Å²) < 4.78 is 17.1. The van der Waals surface area contributed by atoms with Gasteiger partial charge in [0.05, 0.1) is 30.7 Å². The quantitative estimate of drug-likeness (QED) is 0.562. The van der Waals surface area contributed by atoms with Crippen LogP contribution in [0.15, 0.2) is 21.7 Å². The maximum atomic E-state index is 13.0. The summed E-state index contributed by atoms with van der Waals surface area (Å²) in [7, 11) is 0. The molecule has 2 N–H and O–H groups in total. The van der Waals surface area contributed by atoms with Crippen molar-refractivity contribution in [3.63, 3.8) is 0 Å². The number of nitrogens with zero attached hydrogens (tertiary/aromatic N) is 2. The largest absolute Gasteiger partial charge is 0.490 e. The molecule has 1 aromatic heterocycles. The van der Waals surface area contributed by atoms with Crippen LogP contribution in [0, 0.1) is 0 Å². The van der Waals surface area contributed by atoms with Crippen LogP contribution < -0.4 is 26.0 Å². The van der Waals surface area contributed by atoms with Gasteiger partial charge in [-0.2, -0.15) is 0 Å². The van der Waals surface area contributed by atoms with Crippen LogP contribution in [0.3, 0.4) is 0 Å². The van der Waals surface area contributed by atoms with E-state index in [0.717, 1.165) is 4.57 Å². The Kier molecular flexibility index (Phi) is 8.55. The van der Waals surface area contributed by atoms with Gasteiger partial charge in [0.25, 0.3) is 5.56 Å². The monoisotopic (exact) mass is 476 g/mol. The highest BCUT2D eigenvalue weighted by Crippen LogP contribution is 2.30. The molecule has 0 saturated carbocycles. The average molecular weight is 477 g/mol. The molecule has 1 aliphatic rings. The number of aromatic nitrogens is 2. The lowest BCUT2D eigenvalue weighted by molar-refractivity contribution is -0.122. The standard InChI is InChI=1S/C23H32N4O7/c1-4-32-18-13-16-17(14-19(18)33-5-2)25-22(30)27(21(16)29)12-9-20(28)24-15-7-10-26(11-8-15)23(31)34-6-3/h13-15H,4-12H2,1-3H3,(H,24,28)(H,25,30).